The molecule has 78 valence electrons. The van der Waals surface area contributed by atoms with E-state index < -0.39 is 0 Å². The van der Waals surface area contributed by atoms with Gasteiger partial charge in [-0.3, -0.25) is 0 Å². The van der Waals surface area contributed by atoms with E-state index in [1.807, 2.05) is 6.92 Å². The molecule has 0 aliphatic heterocycles. The summed E-state index contributed by atoms with van der Waals surface area (Å²) in [6.45, 7) is 1.81. The van der Waals surface area contributed by atoms with Crippen LogP contribution in [-0.2, 0) is 0 Å². The summed E-state index contributed by atoms with van der Waals surface area (Å²) >= 11 is 7.17. The summed E-state index contributed by atoms with van der Waals surface area (Å²) < 4.78 is 13.4. The van der Waals surface area contributed by atoms with Crippen molar-refractivity contribution in [3.63, 3.8) is 0 Å². The maximum atomic E-state index is 13.4. The minimum Gasteiger partial charge on any atom is -0.206 e. The van der Waals surface area contributed by atoms with Gasteiger partial charge >= 0.3 is 0 Å². The van der Waals surface area contributed by atoms with E-state index in [-0.39, 0.29) is 11.2 Å². The minimum atomic E-state index is -0.289. The number of alkyl halides is 1. The summed E-state index contributed by atoms with van der Waals surface area (Å²) in [4.78, 5) is 0. The van der Waals surface area contributed by atoms with E-state index in [0.717, 1.165) is 0 Å². The number of aromatic nitrogens is 2. The molecule has 0 radical (unpaired) electrons. The van der Waals surface area contributed by atoms with Gasteiger partial charge in [0.1, 0.15) is 10.8 Å². The highest BCUT2D eigenvalue weighted by molar-refractivity contribution is 7.15. The van der Waals surface area contributed by atoms with Crippen LogP contribution in [-0.4, -0.2) is 10.2 Å². The number of hydrogen-bond acceptors (Lipinski definition) is 3. The summed E-state index contributed by atoms with van der Waals surface area (Å²) in [7, 11) is 0. The average molecular weight is 243 g/mol. The van der Waals surface area contributed by atoms with Gasteiger partial charge in [0, 0.05) is 5.56 Å². The Morgan fingerprint density at radius 1 is 1.33 bits per heavy atom. The Hall–Kier alpha value is -1.00. The molecule has 2 aromatic rings. The van der Waals surface area contributed by atoms with Gasteiger partial charge in [-0.15, -0.1) is 21.8 Å². The Bertz CT molecular complexity index is 470. The molecule has 2 rings (SSSR count). The Balaban J connectivity index is 2.42. The molecule has 0 amide bonds. The Morgan fingerprint density at radius 2 is 2.07 bits per heavy atom. The van der Waals surface area contributed by atoms with Crippen LogP contribution >= 0.6 is 22.9 Å². The van der Waals surface area contributed by atoms with Crippen molar-refractivity contribution in [2.45, 2.75) is 12.3 Å². The van der Waals surface area contributed by atoms with Crippen LogP contribution in [0.4, 0.5) is 4.39 Å². The van der Waals surface area contributed by atoms with Gasteiger partial charge in [-0.25, -0.2) is 4.39 Å². The second-order valence-corrected chi connectivity index (χ2v) is 4.71. The molecule has 0 aliphatic rings. The predicted molar refractivity (Wildman–Crippen MR) is 59.6 cm³/mol. The van der Waals surface area contributed by atoms with E-state index >= 15 is 0 Å². The Morgan fingerprint density at radius 3 is 2.67 bits per heavy atom. The molecule has 5 heteroatoms. The highest BCUT2D eigenvalue weighted by atomic mass is 35.5. The number of benzene rings is 1. The molecular weight excluding hydrogens is 235 g/mol. The van der Waals surface area contributed by atoms with Gasteiger partial charge in [-0.05, 0) is 19.1 Å². The van der Waals surface area contributed by atoms with Crippen molar-refractivity contribution in [2.24, 2.45) is 0 Å². The van der Waals surface area contributed by atoms with E-state index in [0.29, 0.717) is 15.6 Å². The molecular formula is C10H8ClFN2S. The van der Waals surface area contributed by atoms with Gasteiger partial charge in [-0.2, -0.15) is 0 Å². The summed E-state index contributed by atoms with van der Waals surface area (Å²) in [5, 5.41) is 8.89. The van der Waals surface area contributed by atoms with E-state index in [1.165, 1.54) is 17.4 Å². The molecule has 1 atom stereocenters. The van der Waals surface area contributed by atoms with Crippen LogP contribution in [0.15, 0.2) is 24.3 Å². The van der Waals surface area contributed by atoms with E-state index in [4.69, 9.17) is 11.6 Å². The number of hydrogen-bond donors (Lipinski definition) is 0. The smallest absolute Gasteiger partial charge is 0.150 e. The first-order valence-electron chi connectivity index (χ1n) is 4.41. The lowest BCUT2D eigenvalue weighted by Gasteiger charge is -1.96. The van der Waals surface area contributed by atoms with Gasteiger partial charge in [0.15, 0.2) is 5.01 Å². The van der Waals surface area contributed by atoms with Crippen LogP contribution < -0.4 is 0 Å². The molecule has 0 aliphatic carbocycles. The van der Waals surface area contributed by atoms with Gasteiger partial charge in [0.2, 0.25) is 0 Å². The maximum Gasteiger partial charge on any atom is 0.150 e. The van der Waals surface area contributed by atoms with Gasteiger partial charge in [-0.1, -0.05) is 23.5 Å². The molecule has 1 aromatic carbocycles. The zero-order valence-corrected chi connectivity index (χ0v) is 9.52. The first kappa shape index (κ1) is 10.5. The predicted octanol–water partition coefficient (Wildman–Crippen LogP) is 3.64. The number of rotatable bonds is 2. The molecule has 2 nitrogen and oxygen atoms in total. The van der Waals surface area contributed by atoms with Crippen molar-refractivity contribution in [1.82, 2.24) is 10.2 Å². The summed E-state index contributed by atoms with van der Waals surface area (Å²) in [5.74, 6) is -0.289. The molecule has 0 fully saturated rings. The lowest BCUT2D eigenvalue weighted by atomic mass is 10.2. The van der Waals surface area contributed by atoms with Gasteiger partial charge < -0.3 is 0 Å². The fourth-order valence-electron chi connectivity index (χ4n) is 1.14. The van der Waals surface area contributed by atoms with Crippen molar-refractivity contribution < 1.29 is 4.39 Å². The van der Waals surface area contributed by atoms with E-state index in [2.05, 4.69) is 10.2 Å². The third-order valence-electron chi connectivity index (χ3n) is 1.89. The van der Waals surface area contributed by atoms with E-state index in [1.54, 1.807) is 18.2 Å². The van der Waals surface area contributed by atoms with Crippen LogP contribution in [0, 0.1) is 5.82 Å². The van der Waals surface area contributed by atoms with Gasteiger partial charge in [0.05, 0.1) is 5.38 Å². The molecule has 1 aromatic heterocycles. The molecule has 0 N–H and O–H groups in total. The average Bonchev–Trinajstić information content (AvgIpc) is 2.67. The van der Waals surface area contributed by atoms with E-state index in [9.17, 15) is 4.39 Å². The lowest BCUT2D eigenvalue weighted by molar-refractivity contribution is 0.631. The largest absolute Gasteiger partial charge is 0.206 e. The van der Waals surface area contributed by atoms with Crippen molar-refractivity contribution in [1.29, 1.82) is 0 Å². The maximum absolute atomic E-state index is 13.4. The zero-order chi connectivity index (χ0) is 10.8. The Labute approximate surface area is 95.7 Å². The third kappa shape index (κ3) is 2.16. The normalized spacial score (nSPS) is 12.7. The van der Waals surface area contributed by atoms with Crippen LogP contribution in [0.2, 0.25) is 0 Å². The molecule has 15 heavy (non-hydrogen) atoms. The molecule has 0 spiro atoms. The van der Waals surface area contributed by atoms with Crippen LogP contribution in [0.3, 0.4) is 0 Å². The second-order valence-electron chi connectivity index (χ2n) is 3.04. The quantitative estimate of drug-likeness (QED) is 0.752. The molecule has 1 heterocycles. The molecule has 0 saturated carbocycles. The monoisotopic (exact) mass is 242 g/mol. The summed E-state index contributed by atoms with van der Waals surface area (Å²) in [6.07, 6.45) is 0. The standard InChI is InChI=1S/C10H8ClFN2S/c1-6(11)9-13-14-10(15-9)7-4-2-3-5-8(7)12/h2-6H,1H3/t6-/m1/s1. The Kier molecular flexibility index (Phi) is 2.98. The first-order valence-corrected chi connectivity index (χ1v) is 5.66. The fourth-order valence-corrected chi connectivity index (χ4v) is 2.12. The second kappa shape index (κ2) is 4.24. The van der Waals surface area contributed by atoms with Crippen LogP contribution in [0.1, 0.15) is 17.3 Å². The SMILES string of the molecule is C[C@@H](Cl)c1nnc(-c2ccccc2F)s1. The first-order chi connectivity index (χ1) is 7.18. The van der Waals surface area contributed by atoms with Crippen LogP contribution in [0.5, 0.6) is 0 Å². The molecule has 0 bridgehead atoms. The topological polar surface area (TPSA) is 25.8 Å². The van der Waals surface area contributed by atoms with Crippen LogP contribution in [0.25, 0.3) is 10.6 Å². The number of nitrogens with zero attached hydrogens (tertiary/aromatic N) is 2. The third-order valence-corrected chi connectivity index (χ3v) is 3.36. The highest BCUT2D eigenvalue weighted by Crippen LogP contribution is 2.30. The lowest BCUT2D eigenvalue weighted by Crippen LogP contribution is -1.82. The van der Waals surface area contributed by atoms with Crippen molar-refractivity contribution >= 4 is 22.9 Å². The zero-order valence-electron chi connectivity index (χ0n) is 7.95. The summed E-state index contributed by atoms with van der Waals surface area (Å²) in [6, 6.07) is 6.49. The van der Waals surface area contributed by atoms with Crippen molar-refractivity contribution in [3.05, 3.63) is 35.1 Å². The molecule has 0 unspecified atom stereocenters. The van der Waals surface area contributed by atoms with Crippen molar-refractivity contribution in [2.75, 3.05) is 0 Å². The van der Waals surface area contributed by atoms with Gasteiger partial charge in [0.25, 0.3) is 0 Å². The van der Waals surface area contributed by atoms with Crippen molar-refractivity contribution in [3.8, 4) is 10.6 Å². The fraction of sp³-hybridized carbons (Fsp3) is 0.200. The minimum absolute atomic E-state index is 0.192. The molecule has 0 saturated heterocycles. The highest BCUT2D eigenvalue weighted by Gasteiger charge is 2.12. The summed E-state index contributed by atoms with van der Waals surface area (Å²) in [5.41, 5.74) is 0.471. The number of halogens is 2.